The summed E-state index contributed by atoms with van der Waals surface area (Å²) in [6.07, 6.45) is 15.6. The van der Waals surface area contributed by atoms with Crippen molar-refractivity contribution in [3.63, 3.8) is 0 Å². The first-order valence-corrected chi connectivity index (χ1v) is 13.1. The highest BCUT2D eigenvalue weighted by atomic mass is 16.5. The van der Waals surface area contributed by atoms with Crippen LogP contribution in [0.1, 0.15) is 98.8 Å². The molecule has 0 heterocycles. The fourth-order valence-electron chi connectivity index (χ4n) is 8.97. The molecule has 4 rings (SSSR count). The number of aliphatic hydroxyl groups is 1. The maximum Gasteiger partial charge on any atom is 0.0594 e. The normalized spacial score (nSPS) is 45.3. The molecule has 5 unspecified atom stereocenters. The maximum absolute atomic E-state index is 10.2. The number of fused-ring (bicyclic) bond motifs is 5. The van der Waals surface area contributed by atoms with Gasteiger partial charge in [0.05, 0.1) is 12.2 Å². The first kappa shape index (κ1) is 22.8. The van der Waals surface area contributed by atoms with Gasteiger partial charge in [-0.05, 0) is 111 Å². The van der Waals surface area contributed by atoms with E-state index in [0.717, 1.165) is 42.4 Å². The third-order valence-corrected chi connectivity index (χ3v) is 10.8. The predicted molar refractivity (Wildman–Crippen MR) is 125 cm³/mol. The van der Waals surface area contributed by atoms with E-state index in [1.807, 2.05) is 7.11 Å². The summed E-state index contributed by atoms with van der Waals surface area (Å²) in [7, 11) is 1.89. The van der Waals surface area contributed by atoms with Crippen LogP contribution in [0.15, 0.2) is 11.6 Å². The number of hydrogen-bond donors (Lipinski definition) is 1. The zero-order chi connectivity index (χ0) is 21.7. The van der Waals surface area contributed by atoms with E-state index in [2.05, 4.69) is 40.7 Å². The van der Waals surface area contributed by atoms with Crippen LogP contribution in [0, 0.1) is 46.3 Å². The lowest BCUT2D eigenvalue weighted by Gasteiger charge is -2.58. The molecule has 172 valence electrons. The molecule has 3 saturated carbocycles. The van der Waals surface area contributed by atoms with E-state index < -0.39 is 0 Å². The molecule has 9 atom stereocenters. The van der Waals surface area contributed by atoms with E-state index in [1.54, 1.807) is 5.57 Å². The van der Waals surface area contributed by atoms with Gasteiger partial charge in [-0.25, -0.2) is 0 Å². The van der Waals surface area contributed by atoms with E-state index in [4.69, 9.17) is 4.74 Å². The molecule has 0 aromatic carbocycles. The van der Waals surface area contributed by atoms with Crippen LogP contribution in [0.3, 0.4) is 0 Å². The Morgan fingerprint density at radius 3 is 2.50 bits per heavy atom. The summed E-state index contributed by atoms with van der Waals surface area (Å²) in [6.45, 7) is 12.4. The molecule has 0 bridgehead atoms. The lowest BCUT2D eigenvalue weighted by atomic mass is 9.47. The van der Waals surface area contributed by atoms with E-state index in [-0.39, 0.29) is 6.10 Å². The molecule has 0 radical (unpaired) electrons. The number of aliphatic hydroxyl groups excluding tert-OH is 1. The minimum absolute atomic E-state index is 0.0896. The van der Waals surface area contributed by atoms with Crippen molar-refractivity contribution in [3.8, 4) is 0 Å². The number of rotatable bonds is 6. The van der Waals surface area contributed by atoms with Gasteiger partial charge < -0.3 is 9.84 Å². The molecule has 4 aliphatic carbocycles. The van der Waals surface area contributed by atoms with Gasteiger partial charge >= 0.3 is 0 Å². The van der Waals surface area contributed by atoms with Crippen molar-refractivity contribution in [2.75, 3.05) is 7.11 Å². The van der Waals surface area contributed by atoms with Gasteiger partial charge in [-0.1, -0.05) is 46.3 Å². The van der Waals surface area contributed by atoms with Crippen molar-refractivity contribution >= 4 is 0 Å². The summed E-state index contributed by atoms with van der Waals surface area (Å²) >= 11 is 0. The Morgan fingerprint density at radius 1 is 1.03 bits per heavy atom. The van der Waals surface area contributed by atoms with Gasteiger partial charge in [-0.2, -0.15) is 0 Å². The summed E-state index contributed by atoms with van der Waals surface area (Å²) in [6, 6.07) is 0. The second-order valence-corrected chi connectivity index (χ2v) is 12.5. The molecule has 0 aromatic heterocycles. The van der Waals surface area contributed by atoms with Crippen LogP contribution in [-0.2, 0) is 4.74 Å². The van der Waals surface area contributed by atoms with Gasteiger partial charge in [-0.3, -0.25) is 0 Å². The van der Waals surface area contributed by atoms with Gasteiger partial charge in [0.15, 0.2) is 0 Å². The Bertz CT molecular complexity index is 639. The van der Waals surface area contributed by atoms with Crippen LogP contribution in [-0.4, -0.2) is 24.4 Å². The maximum atomic E-state index is 10.2. The molecule has 2 heteroatoms. The molecular weight excluding hydrogens is 368 g/mol. The molecule has 2 nitrogen and oxygen atoms in total. The summed E-state index contributed by atoms with van der Waals surface area (Å²) < 4.78 is 5.77. The third-order valence-electron chi connectivity index (χ3n) is 10.8. The van der Waals surface area contributed by atoms with Gasteiger partial charge in [0.2, 0.25) is 0 Å². The quantitative estimate of drug-likeness (QED) is 0.472. The van der Waals surface area contributed by atoms with Crippen LogP contribution in [0.4, 0.5) is 0 Å². The highest BCUT2D eigenvalue weighted by molar-refractivity contribution is 5.25. The van der Waals surface area contributed by atoms with Crippen LogP contribution in [0.5, 0.6) is 0 Å². The first-order chi connectivity index (χ1) is 14.2. The van der Waals surface area contributed by atoms with Crippen LogP contribution in [0.2, 0.25) is 0 Å². The molecule has 30 heavy (non-hydrogen) atoms. The largest absolute Gasteiger partial charge is 0.393 e. The van der Waals surface area contributed by atoms with Crippen molar-refractivity contribution in [3.05, 3.63) is 11.6 Å². The Kier molecular flexibility index (Phi) is 6.50. The molecule has 4 aliphatic rings. The van der Waals surface area contributed by atoms with E-state index >= 15 is 0 Å². The molecule has 3 fully saturated rings. The Balaban J connectivity index is 1.47. The SMILES string of the molecule is CO[C@@H](CC[C@@H](C)C1CCC2C3CC=C4CC(O)CC[C@]4(C)C3CC[C@@]21C)C(C)C. The molecule has 0 amide bonds. The second-order valence-electron chi connectivity index (χ2n) is 12.5. The number of methoxy groups -OCH3 is 1. The molecule has 0 aromatic rings. The van der Waals surface area contributed by atoms with Crippen molar-refractivity contribution in [1.82, 2.24) is 0 Å². The van der Waals surface area contributed by atoms with Crippen molar-refractivity contribution < 1.29 is 9.84 Å². The van der Waals surface area contributed by atoms with Gasteiger partial charge in [0.25, 0.3) is 0 Å². The second kappa shape index (κ2) is 8.54. The summed E-state index contributed by atoms with van der Waals surface area (Å²) in [4.78, 5) is 0. The highest BCUT2D eigenvalue weighted by Gasteiger charge is 2.59. The Morgan fingerprint density at radius 2 is 1.80 bits per heavy atom. The molecule has 1 N–H and O–H groups in total. The minimum Gasteiger partial charge on any atom is -0.393 e. The number of allylic oxidation sites excluding steroid dienone is 1. The fraction of sp³-hybridized carbons (Fsp3) is 0.929. The van der Waals surface area contributed by atoms with Crippen molar-refractivity contribution in [2.24, 2.45) is 46.3 Å². The average molecular weight is 417 g/mol. The Labute approximate surface area is 186 Å². The summed E-state index contributed by atoms with van der Waals surface area (Å²) in [5.74, 6) is 4.96. The summed E-state index contributed by atoms with van der Waals surface area (Å²) in [5, 5.41) is 10.2. The zero-order valence-corrected chi connectivity index (χ0v) is 20.6. The van der Waals surface area contributed by atoms with Crippen molar-refractivity contribution in [1.29, 1.82) is 0 Å². The summed E-state index contributed by atoms with van der Waals surface area (Å²) in [5.41, 5.74) is 2.51. The standard InChI is InChI=1S/C28H48O2/c1-18(2)26(30-6)12-7-19(3)23-10-11-24-22-9-8-20-17-21(29)13-15-27(20,4)25(22)14-16-28(23,24)5/h8,18-19,21-26,29H,7,9-17H2,1-6H3/t19-,21?,22?,23?,24?,25?,26+,27+,28-/m1/s1. The van der Waals surface area contributed by atoms with E-state index in [0.29, 0.717) is 22.9 Å². The monoisotopic (exact) mass is 416 g/mol. The fourth-order valence-corrected chi connectivity index (χ4v) is 8.97. The predicted octanol–water partition coefficient (Wildman–Crippen LogP) is 7.01. The average Bonchev–Trinajstić information content (AvgIpc) is 3.06. The van der Waals surface area contributed by atoms with Gasteiger partial charge in [-0.15, -0.1) is 0 Å². The lowest BCUT2D eigenvalue weighted by Crippen LogP contribution is -2.50. The van der Waals surface area contributed by atoms with Gasteiger partial charge in [0.1, 0.15) is 0 Å². The topological polar surface area (TPSA) is 29.5 Å². The minimum atomic E-state index is -0.0896. The molecule has 0 spiro atoms. The number of ether oxygens (including phenoxy) is 1. The number of hydrogen-bond acceptors (Lipinski definition) is 2. The van der Waals surface area contributed by atoms with Crippen molar-refractivity contribution in [2.45, 2.75) is 111 Å². The molecular formula is C28H48O2. The van der Waals surface area contributed by atoms with E-state index in [1.165, 1.54) is 51.4 Å². The smallest absolute Gasteiger partial charge is 0.0594 e. The first-order valence-electron chi connectivity index (χ1n) is 13.1. The zero-order valence-electron chi connectivity index (χ0n) is 20.6. The third kappa shape index (κ3) is 3.72. The Hall–Kier alpha value is -0.340. The van der Waals surface area contributed by atoms with Crippen LogP contribution in [0.25, 0.3) is 0 Å². The van der Waals surface area contributed by atoms with Crippen LogP contribution < -0.4 is 0 Å². The highest BCUT2D eigenvalue weighted by Crippen LogP contribution is 2.67. The lowest BCUT2D eigenvalue weighted by molar-refractivity contribution is -0.0582. The van der Waals surface area contributed by atoms with Gasteiger partial charge in [0, 0.05) is 7.11 Å². The van der Waals surface area contributed by atoms with E-state index in [9.17, 15) is 5.11 Å². The van der Waals surface area contributed by atoms with Crippen LogP contribution >= 0.6 is 0 Å². The molecule has 0 aliphatic heterocycles. The molecule has 0 saturated heterocycles.